The lowest BCUT2D eigenvalue weighted by molar-refractivity contribution is -0.141. The molecule has 0 unspecified atom stereocenters. The maximum atomic E-state index is 12.2. The predicted molar refractivity (Wildman–Crippen MR) is 93.0 cm³/mol. The van der Waals surface area contributed by atoms with Gasteiger partial charge in [0.15, 0.2) is 0 Å². The molecule has 0 N–H and O–H groups in total. The number of methoxy groups -OCH3 is 1. The number of carbonyl (C=O) groups excluding carboxylic acids is 2. The summed E-state index contributed by atoms with van der Waals surface area (Å²) in [5, 5.41) is 0. The summed E-state index contributed by atoms with van der Waals surface area (Å²) in [7, 11) is 1.34. The zero-order valence-electron chi connectivity index (χ0n) is 14.1. The van der Waals surface area contributed by atoms with E-state index >= 15 is 0 Å². The number of ether oxygens (including phenoxy) is 1. The summed E-state index contributed by atoms with van der Waals surface area (Å²) in [5.41, 5.74) is 2.23. The molecule has 23 heavy (non-hydrogen) atoms. The molecule has 1 aromatic rings. The molecule has 0 aliphatic rings. The molecule has 0 aliphatic heterocycles. The molecular formula is C19H25NO3. The van der Waals surface area contributed by atoms with Crippen LogP contribution in [0.15, 0.2) is 43.0 Å². The van der Waals surface area contributed by atoms with Crippen molar-refractivity contribution >= 4 is 18.0 Å². The molecule has 4 nitrogen and oxygen atoms in total. The highest BCUT2D eigenvalue weighted by atomic mass is 16.5. The molecule has 4 heteroatoms. The van der Waals surface area contributed by atoms with E-state index in [2.05, 4.69) is 37.3 Å². The predicted octanol–water partition coefficient (Wildman–Crippen LogP) is 3.40. The van der Waals surface area contributed by atoms with Gasteiger partial charge in [-0.3, -0.25) is 9.59 Å². The van der Waals surface area contributed by atoms with Crippen molar-refractivity contribution in [3.05, 3.63) is 54.1 Å². The van der Waals surface area contributed by atoms with Crippen LogP contribution in [0, 0.1) is 0 Å². The Morgan fingerprint density at radius 1 is 1.26 bits per heavy atom. The van der Waals surface area contributed by atoms with Gasteiger partial charge in [-0.1, -0.05) is 44.2 Å². The topological polar surface area (TPSA) is 46.6 Å². The van der Waals surface area contributed by atoms with Gasteiger partial charge in [0.1, 0.15) is 0 Å². The number of hydrogen-bond donors (Lipinski definition) is 0. The molecule has 124 valence electrons. The molecule has 0 saturated carbocycles. The molecule has 0 aliphatic carbocycles. The summed E-state index contributed by atoms with van der Waals surface area (Å²) >= 11 is 0. The Morgan fingerprint density at radius 2 is 1.91 bits per heavy atom. The highest BCUT2D eigenvalue weighted by Crippen LogP contribution is 2.15. The number of hydrogen-bond acceptors (Lipinski definition) is 3. The quantitative estimate of drug-likeness (QED) is 0.419. The van der Waals surface area contributed by atoms with Gasteiger partial charge in [0.2, 0.25) is 5.91 Å². The zero-order valence-corrected chi connectivity index (χ0v) is 14.1. The van der Waals surface area contributed by atoms with Crippen molar-refractivity contribution in [1.82, 2.24) is 4.90 Å². The van der Waals surface area contributed by atoms with Crippen molar-refractivity contribution in [2.24, 2.45) is 0 Å². The summed E-state index contributed by atoms with van der Waals surface area (Å²) in [6, 6.07) is 8.11. The molecule has 1 aromatic carbocycles. The van der Waals surface area contributed by atoms with Gasteiger partial charge in [0.25, 0.3) is 0 Å². The average molecular weight is 315 g/mol. The second-order valence-corrected chi connectivity index (χ2v) is 5.55. The van der Waals surface area contributed by atoms with E-state index in [1.54, 1.807) is 17.1 Å². The van der Waals surface area contributed by atoms with Crippen molar-refractivity contribution < 1.29 is 14.3 Å². The SMILES string of the molecule is C=CCN(CCC(=O)OC)C(=O)/C=C/c1ccc(C(C)C)cc1. The van der Waals surface area contributed by atoms with Crippen LogP contribution in [0.1, 0.15) is 37.3 Å². The molecule has 1 rings (SSSR count). The minimum Gasteiger partial charge on any atom is -0.469 e. The summed E-state index contributed by atoms with van der Waals surface area (Å²) in [4.78, 5) is 25.0. The van der Waals surface area contributed by atoms with Gasteiger partial charge in [-0.05, 0) is 23.1 Å². The number of amides is 1. The Kier molecular flexibility index (Phi) is 7.81. The minimum atomic E-state index is -0.333. The van der Waals surface area contributed by atoms with E-state index in [4.69, 9.17) is 0 Å². The molecule has 1 amide bonds. The summed E-state index contributed by atoms with van der Waals surface area (Å²) in [6.45, 7) is 8.63. The number of nitrogens with zero attached hydrogens (tertiary/aromatic N) is 1. The molecule has 0 fully saturated rings. The van der Waals surface area contributed by atoms with Crippen LogP contribution in [0.5, 0.6) is 0 Å². The minimum absolute atomic E-state index is 0.151. The van der Waals surface area contributed by atoms with Gasteiger partial charge in [0, 0.05) is 19.2 Å². The number of esters is 1. The Morgan fingerprint density at radius 3 is 2.43 bits per heavy atom. The lowest BCUT2D eigenvalue weighted by Crippen LogP contribution is -2.32. The van der Waals surface area contributed by atoms with Gasteiger partial charge in [-0.25, -0.2) is 0 Å². The van der Waals surface area contributed by atoms with Crippen molar-refractivity contribution in [3.8, 4) is 0 Å². The van der Waals surface area contributed by atoms with E-state index in [1.165, 1.54) is 18.7 Å². The maximum absolute atomic E-state index is 12.2. The van der Waals surface area contributed by atoms with Crippen molar-refractivity contribution in [2.45, 2.75) is 26.2 Å². The second kappa shape index (κ2) is 9.62. The number of rotatable bonds is 8. The summed E-state index contributed by atoms with van der Waals surface area (Å²) in [6.07, 6.45) is 5.11. The molecule has 0 atom stereocenters. The van der Waals surface area contributed by atoms with Crippen LogP contribution in [-0.4, -0.2) is 37.0 Å². The maximum Gasteiger partial charge on any atom is 0.307 e. The van der Waals surface area contributed by atoms with E-state index in [-0.39, 0.29) is 18.3 Å². The fourth-order valence-corrected chi connectivity index (χ4v) is 2.04. The third-order valence-corrected chi connectivity index (χ3v) is 3.50. The average Bonchev–Trinajstić information content (AvgIpc) is 2.56. The van der Waals surface area contributed by atoms with Crippen LogP contribution < -0.4 is 0 Å². The smallest absolute Gasteiger partial charge is 0.307 e. The van der Waals surface area contributed by atoms with Gasteiger partial charge in [-0.2, -0.15) is 0 Å². The van der Waals surface area contributed by atoms with Crippen LogP contribution in [0.4, 0.5) is 0 Å². The molecule has 0 spiro atoms. The van der Waals surface area contributed by atoms with Crippen LogP contribution in [0.25, 0.3) is 6.08 Å². The van der Waals surface area contributed by atoms with Crippen LogP contribution in [0.2, 0.25) is 0 Å². The van der Waals surface area contributed by atoms with Crippen LogP contribution >= 0.6 is 0 Å². The molecule has 0 aromatic heterocycles. The lowest BCUT2D eigenvalue weighted by Gasteiger charge is -2.18. The second-order valence-electron chi connectivity index (χ2n) is 5.55. The molecule has 0 saturated heterocycles. The zero-order chi connectivity index (χ0) is 17.2. The van der Waals surface area contributed by atoms with Gasteiger partial charge >= 0.3 is 5.97 Å². The van der Waals surface area contributed by atoms with Gasteiger partial charge < -0.3 is 9.64 Å². The van der Waals surface area contributed by atoms with E-state index in [0.29, 0.717) is 19.0 Å². The Hall–Kier alpha value is -2.36. The van der Waals surface area contributed by atoms with Crippen LogP contribution in [0.3, 0.4) is 0 Å². The van der Waals surface area contributed by atoms with Crippen molar-refractivity contribution in [3.63, 3.8) is 0 Å². The third kappa shape index (κ3) is 6.51. The normalized spacial score (nSPS) is 10.8. The third-order valence-electron chi connectivity index (χ3n) is 3.50. The lowest BCUT2D eigenvalue weighted by atomic mass is 10.0. The molecule has 0 heterocycles. The fraction of sp³-hybridized carbons (Fsp3) is 0.368. The fourth-order valence-electron chi connectivity index (χ4n) is 2.04. The monoisotopic (exact) mass is 315 g/mol. The largest absolute Gasteiger partial charge is 0.469 e. The first-order valence-electron chi connectivity index (χ1n) is 7.72. The van der Waals surface area contributed by atoms with Crippen molar-refractivity contribution in [2.75, 3.05) is 20.2 Å². The van der Waals surface area contributed by atoms with E-state index in [1.807, 2.05) is 12.1 Å². The van der Waals surface area contributed by atoms with Crippen molar-refractivity contribution in [1.29, 1.82) is 0 Å². The number of carbonyl (C=O) groups is 2. The Labute approximate surface area is 138 Å². The highest BCUT2D eigenvalue weighted by molar-refractivity contribution is 5.92. The Balaban J connectivity index is 2.68. The first-order valence-corrected chi connectivity index (χ1v) is 7.72. The summed E-state index contributed by atoms with van der Waals surface area (Å²) < 4.78 is 4.60. The molecule has 0 bridgehead atoms. The standard InChI is InChI=1S/C19H25NO3/c1-5-13-20(14-12-19(22)23-4)18(21)11-8-16-6-9-17(10-7-16)15(2)3/h5-11,15H,1,12-14H2,2-4H3/b11-8+. The first kappa shape index (κ1) is 18.7. The first-order chi connectivity index (χ1) is 11.0. The van der Waals surface area contributed by atoms with Gasteiger partial charge in [0.05, 0.1) is 13.5 Å². The molecule has 0 radical (unpaired) electrons. The van der Waals surface area contributed by atoms with E-state index in [9.17, 15) is 9.59 Å². The van der Waals surface area contributed by atoms with Gasteiger partial charge in [-0.15, -0.1) is 6.58 Å². The summed E-state index contributed by atoms with van der Waals surface area (Å²) in [5.74, 6) is -0.00192. The Bertz CT molecular complexity index is 558. The van der Waals surface area contributed by atoms with E-state index < -0.39 is 0 Å². The molecular weight excluding hydrogens is 290 g/mol. The van der Waals surface area contributed by atoms with E-state index in [0.717, 1.165) is 5.56 Å². The number of benzene rings is 1. The highest BCUT2D eigenvalue weighted by Gasteiger charge is 2.11. The van der Waals surface area contributed by atoms with Crippen LogP contribution in [-0.2, 0) is 14.3 Å².